The van der Waals surface area contributed by atoms with E-state index in [9.17, 15) is 9.59 Å². The van der Waals surface area contributed by atoms with Crippen LogP contribution >= 0.6 is 24.0 Å². The first kappa shape index (κ1) is 23.0. The van der Waals surface area contributed by atoms with Gasteiger partial charge in [0, 0.05) is 5.56 Å². The zero-order chi connectivity index (χ0) is 24.3. The molecule has 1 N–H and O–H groups in total. The minimum absolute atomic E-state index is 0.00242. The molecule has 1 saturated heterocycles. The predicted octanol–water partition coefficient (Wildman–Crippen LogP) is 6.08. The van der Waals surface area contributed by atoms with Gasteiger partial charge in [-0.25, -0.2) is 0 Å². The Bertz CT molecular complexity index is 1230. The third kappa shape index (κ3) is 4.06. The van der Waals surface area contributed by atoms with Gasteiger partial charge in [-0.3, -0.25) is 15.0 Å². The summed E-state index contributed by atoms with van der Waals surface area (Å²) in [6.07, 6.45) is 8.49. The average Bonchev–Trinajstić information content (AvgIpc) is 3.06. The van der Waals surface area contributed by atoms with E-state index in [0.29, 0.717) is 27.0 Å². The van der Waals surface area contributed by atoms with Crippen LogP contribution in [0.1, 0.15) is 57.9 Å². The molecule has 0 atom stereocenters. The summed E-state index contributed by atoms with van der Waals surface area (Å²) in [5, 5.41) is 3.37. The van der Waals surface area contributed by atoms with Crippen LogP contribution in [0.3, 0.4) is 0 Å². The molecule has 5 nitrogen and oxygen atoms in total. The van der Waals surface area contributed by atoms with Gasteiger partial charge in [-0.05, 0) is 105 Å². The van der Waals surface area contributed by atoms with Crippen molar-refractivity contribution < 1.29 is 14.3 Å². The molecule has 4 saturated carbocycles. The Morgan fingerprint density at radius 2 is 1.77 bits per heavy atom. The number of rotatable bonds is 5. The molecule has 2 amide bonds. The van der Waals surface area contributed by atoms with E-state index in [1.54, 1.807) is 0 Å². The SMILES string of the molecule is CC(C)Oc1ccc2ccccc2c1/C=C1\SC(=S)N(NC(=O)C23CC4CC(CC(C4)C2)C3)C1=O. The predicted molar refractivity (Wildman–Crippen MR) is 143 cm³/mol. The van der Waals surface area contributed by atoms with Gasteiger partial charge in [0.1, 0.15) is 5.75 Å². The Morgan fingerprint density at radius 3 is 2.43 bits per heavy atom. The molecule has 7 rings (SSSR count). The zero-order valence-corrected chi connectivity index (χ0v) is 21.7. The Morgan fingerprint density at radius 1 is 1.11 bits per heavy atom. The molecule has 7 heteroatoms. The van der Waals surface area contributed by atoms with Crippen LogP contribution in [-0.2, 0) is 9.59 Å². The van der Waals surface area contributed by atoms with Crippen molar-refractivity contribution >= 4 is 57.0 Å². The lowest BCUT2D eigenvalue weighted by molar-refractivity contribution is -0.152. The number of ether oxygens (including phenoxy) is 1. The maximum Gasteiger partial charge on any atom is 0.285 e. The van der Waals surface area contributed by atoms with Crippen LogP contribution in [0.25, 0.3) is 16.8 Å². The smallest absolute Gasteiger partial charge is 0.285 e. The summed E-state index contributed by atoms with van der Waals surface area (Å²) < 4.78 is 6.44. The van der Waals surface area contributed by atoms with E-state index in [-0.39, 0.29) is 23.3 Å². The van der Waals surface area contributed by atoms with Gasteiger partial charge in [0.25, 0.3) is 5.91 Å². The fourth-order valence-electron chi connectivity index (χ4n) is 7.09. The molecular formula is C28H30N2O3S2. The topological polar surface area (TPSA) is 58.6 Å². The molecule has 5 aliphatic rings. The molecule has 1 heterocycles. The fourth-order valence-corrected chi connectivity index (χ4v) is 8.25. The number of hydrogen-bond acceptors (Lipinski definition) is 5. The van der Waals surface area contributed by atoms with Crippen molar-refractivity contribution in [1.82, 2.24) is 10.4 Å². The minimum Gasteiger partial charge on any atom is -0.490 e. The molecule has 0 unspecified atom stereocenters. The molecule has 0 spiro atoms. The van der Waals surface area contributed by atoms with E-state index < -0.39 is 0 Å². The first-order chi connectivity index (χ1) is 16.8. The Balaban J connectivity index is 1.28. The monoisotopic (exact) mass is 506 g/mol. The number of nitrogens with one attached hydrogen (secondary N) is 1. The second-order valence-corrected chi connectivity index (χ2v) is 12.7. The van der Waals surface area contributed by atoms with E-state index in [1.165, 1.54) is 36.0 Å². The molecule has 0 aromatic heterocycles. The number of fused-ring (bicyclic) bond motifs is 1. The molecule has 0 radical (unpaired) electrons. The quantitative estimate of drug-likeness (QED) is 0.394. The largest absolute Gasteiger partial charge is 0.490 e. The summed E-state index contributed by atoms with van der Waals surface area (Å²) in [6, 6.07) is 12.0. The van der Waals surface area contributed by atoms with Gasteiger partial charge in [-0.2, -0.15) is 5.01 Å². The molecule has 4 aliphatic carbocycles. The summed E-state index contributed by atoms with van der Waals surface area (Å²) in [7, 11) is 0. The molecule has 2 aromatic carbocycles. The number of carbonyl (C=O) groups is 2. The number of thiocarbonyl (C=S) groups is 1. The van der Waals surface area contributed by atoms with E-state index in [0.717, 1.165) is 41.3 Å². The third-order valence-corrected chi connectivity index (χ3v) is 9.40. The van der Waals surface area contributed by atoms with Crippen molar-refractivity contribution in [3.8, 4) is 5.75 Å². The number of hydrogen-bond donors (Lipinski definition) is 1. The van der Waals surface area contributed by atoms with Gasteiger partial charge in [-0.15, -0.1) is 0 Å². The van der Waals surface area contributed by atoms with Crippen molar-refractivity contribution in [1.29, 1.82) is 0 Å². The van der Waals surface area contributed by atoms with Crippen molar-refractivity contribution in [2.24, 2.45) is 23.2 Å². The van der Waals surface area contributed by atoms with Crippen molar-refractivity contribution in [2.45, 2.75) is 58.5 Å². The lowest BCUT2D eigenvalue weighted by Crippen LogP contribution is -2.57. The van der Waals surface area contributed by atoms with Crippen LogP contribution in [0.4, 0.5) is 0 Å². The molecular weight excluding hydrogens is 476 g/mol. The summed E-state index contributed by atoms with van der Waals surface area (Å²) in [6.45, 7) is 3.97. The Labute approximate surface area is 215 Å². The first-order valence-electron chi connectivity index (χ1n) is 12.6. The van der Waals surface area contributed by atoms with E-state index in [2.05, 4.69) is 5.43 Å². The Kier molecular flexibility index (Phi) is 5.68. The summed E-state index contributed by atoms with van der Waals surface area (Å²) in [5.74, 6) is 2.39. The van der Waals surface area contributed by atoms with E-state index >= 15 is 0 Å². The number of nitrogens with zero attached hydrogens (tertiary/aromatic N) is 1. The van der Waals surface area contributed by atoms with E-state index in [1.807, 2.05) is 56.3 Å². The van der Waals surface area contributed by atoms with Gasteiger partial charge >= 0.3 is 0 Å². The van der Waals surface area contributed by atoms with Crippen LogP contribution in [0.15, 0.2) is 41.3 Å². The summed E-state index contributed by atoms with van der Waals surface area (Å²) >= 11 is 6.78. The van der Waals surface area contributed by atoms with Gasteiger partial charge in [0.15, 0.2) is 4.32 Å². The van der Waals surface area contributed by atoms with Crippen molar-refractivity contribution in [2.75, 3.05) is 0 Å². The Hall–Kier alpha value is -2.38. The van der Waals surface area contributed by atoms with E-state index in [4.69, 9.17) is 17.0 Å². The molecule has 35 heavy (non-hydrogen) atoms. The van der Waals surface area contributed by atoms with Crippen molar-refractivity contribution in [3.63, 3.8) is 0 Å². The molecule has 5 fully saturated rings. The second kappa shape index (κ2) is 8.63. The summed E-state index contributed by atoms with van der Waals surface area (Å²) in [5.41, 5.74) is 3.46. The normalized spacial score (nSPS) is 30.7. The van der Waals surface area contributed by atoms with Crippen LogP contribution in [0.2, 0.25) is 0 Å². The number of hydrazine groups is 1. The van der Waals surface area contributed by atoms with Gasteiger partial charge in [0.2, 0.25) is 5.91 Å². The second-order valence-electron chi connectivity index (χ2n) is 11.0. The van der Waals surface area contributed by atoms with Crippen LogP contribution < -0.4 is 10.2 Å². The molecule has 2 aromatic rings. The highest BCUT2D eigenvalue weighted by atomic mass is 32.2. The molecule has 4 bridgehead atoms. The maximum atomic E-state index is 13.5. The van der Waals surface area contributed by atoms with Crippen LogP contribution in [0.5, 0.6) is 5.75 Å². The minimum atomic E-state index is -0.338. The number of thioether (sulfide) groups is 1. The van der Waals surface area contributed by atoms with Crippen LogP contribution in [-0.4, -0.2) is 27.2 Å². The maximum absolute atomic E-state index is 13.5. The number of benzene rings is 2. The highest BCUT2D eigenvalue weighted by molar-refractivity contribution is 8.26. The molecule has 182 valence electrons. The first-order valence-corrected chi connectivity index (χ1v) is 13.8. The van der Waals surface area contributed by atoms with Crippen LogP contribution in [0, 0.1) is 23.2 Å². The number of amides is 2. The highest BCUT2D eigenvalue weighted by Gasteiger charge is 2.55. The number of carbonyl (C=O) groups excluding carboxylic acids is 2. The summed E-state index contributed by atoms with van der Waals surface area (Å²) in [4.78, 5) is 27.5. The van der Waals surface area contributed by atoms with Crippen molar-refractivity contribution in [3.05, 3.63) is 46.9 Å². The highest BCUT2D eigenvalue weighted by Crippen LogP contribution is 2.60. The van der Waals surface area contributed by atoms with Gasteiger partial charge < -0.3 is 4.74 Å². The molecule has 1 aliphatic heterocycles. The lowest BCUT2D eigenvalue weighted by Gasteiger charge is -2.55. The lowest BCUT2D eigenvalue weighted by atomic mass is 9.49. The zero-order valence-electron chi connectivity index (χ0n) is 20.1. The average molecular weight is 507 g/mol. The van der Waals surface area contributed by atoms with Gasteiger partial charge in [0.05, 0.1) is 16.4 Å². The fraction of sp³-hybridized carbons (Fsp3) is 0.464. The third-order valence-electron chi connectivity index (χ3n) is 8.10. The van der Waals surface area contributed by atoms with Gasteiger partial charge in [-0.1, -0.05) is 42.1 Å². The standard InChI is InChI=1S/C28H30N2O3S2/c1-16(2)33-23-8-7-20-5-3-4-6-21(20)22(23)12-24-25(31)30(27(34)35-24)29-26(32)28-13-17-9-18(14-28)11-19(10-17)15-28/h3-8,12,16-19H,9-11,13-15H2,1-2H3,(H,29,32)/b24-12-.